The van der Waals surface area contributed by atoms with Crippen molar-refractivity contribution in [2.45, 2.75) is 39.2 Å². The summed E-state index contributed by atoms with van der Waals surface area (Å²) in [4.78, 5) is 28.5. The van der Waals surface area contributed by atoms with Crippen LogP contribution in [0.5, 0.6) is 11.5 Å². The molecule has 1 N–H and O–H groups in total. The summed E-state index contributed by atoms with van der Waals surface area (Å²) < 4.78 is 10.8. The summed E-state index contributed by atoms with van der Waals surface area (Å²) >= 11 is 6.39. The lowest BCUT2D eigenvalue weighted by molar-refractivity contribution is -0.132. The van der Waals surface area contributed by atoms with Gasteiger partial charge in [0.2, 0.25) is 0 Å². The molecule has 1 unspecified atom stereocenters. The molecule has 1 aliphatic rings. The molecule has 192 valence electrons. The van der Waals surface area contributed by atoms with Gasteiger partial charge in [0.25, 0.3) is 11.7 Å². The van der Waals surface area contributed by atoms with Crippen LogP contribution < -0.4 is 14.4 Å². The molecule has 1 heterocycles. The summed E-state index contributed by atoms with van der Waals surface area (Å²) in [5.41, 5.74) is 3.04. The van der Waals surface area contributed by atoms with Gasteiger partial charge < -0.3 is 14.6 Å². The minimum Gasteiger partial charge on any atom is -0.507 e. The number of methoxy groups -OCH3 is 2. The zero-order valence-electron chi connectivity index (χ0n) is 21.8. The molecule has 1 atom stereocenters. The molecule has 1 saturated heterocycles. The fraction of sp³-hybridized carbons (Fsp3) is 0.267. The zero-order chi connectivity index (χ0) is 27.1. The molecule has 0 bridgehead atoms. The molecule has 1 amide bonds. The van der Waals surface area contributed by atoms with Gasteiger partial charge in [-0.05, 0) is 59.4 Å². The van der Waals surface area contributed by atoms with Crippen LogP contribution in [0.4, 0.5) is 5.69 Å². The maximum Gasteiger partial charge on any atom is 0.300 e. The average molecular weight is 520 g/mol. The maximum atomic E-state index is 13.6. The van der Waals surface area contributed by atoms with E-state index < -0.39 is 17.7 Å². The number of benzene rings is 3. The zero-order valence-corrected chi connectivity index (χ0v) is 22.5. The lowest BCUT2D eigenvalue weighted by Crippen LogP contribution is -2.29. The number of halogens is 1. The molecule has 0 saturated carbocycles. The number of amides is 1. The molecule has 3 aromatic rings. The molecule has 6 nitrogen and oxygen atoms in total. The minimum absolute atomic E-state index is 0.0180. The van der Waals surface area contributed by atoms with Crippen molar-refractivity contribution in [2.24, 2.45) is 0 Å². The Kier molecular flexibility index (Phi) is 7.07. The van der Waals surface area contributed by atoms with E-state index >= 15 is 0 Å². The second-order valence-electron chi connectivity index (χ2n) is 10.0. The van der Waals surface area contributed by atoms with E-state index in [9.17, 15) is 14.7 Å². The van der Waals surface area contributed by atoms with E-state index in [1.54, 1.807) is 30.3 Å². The van der Waals surface area contributed by atoms with E-state index in [-0.39, 0.29) is 16.7 Å². The highest BCUT2D eigenvalue weighted by Gasteiger charge is 2.47. The summed E-state index contributed by atoms with van der Waals surface area (Å²) in [6, 6.07) is 17.0. The number of rotatable bonds is 5. The normalized spacial score (nSPS) is 17.3. The topological polar surface area (TPSA) is 76.1 Å². The van der Waals surface area contributed by atoms with Crippen molar-refractivity contribution < 1.29 is 24.2 Å². The van der Waals surface area contributed by atoms with Crippen LogP contribution in [0.2, 0.25) is 5.02 Å². The average Bonchev–Trinajstić information content (AvgIpc) is 3.12. The number of carbonyl (C=O) groups excluding carboxylic acids is 2. The van der Waals surface area contributed by atoms with Crippen molar-refractivity contribution in [3.05, 3.63) is 93.5 Å². The molecule has 37 heavy (non-hydrogen) atoms. The first-order chi connectivity index (χ1) is 17.5. The smallest absolute Gasteiger partial charge is 0.300 e. The largest absolute Gasteiger partial charge is 0.507 e. The lowest BCUT2D eigenvalue weighted by Gasteiger charge is -2.27. The Morgan fingerprint density at radius 1 is 0.946 bits per heavy atom. The highest BCUT2D eigenvalue weighted by Crippen LogP contribution is 2.45. The summed E-state index contributed by atoms with van der Waals surface area (Å²) in [6.45, 7) is 8.06. The number of aryl methyl sites for hydroxylation is 1. The highest BCUT2D eigenvalue weighted by molar-refractivity contribution is 6.52. The molecule has 7 heteroatoms. The molecular weight excluding hydrogens is 490 g/mol. The minimum atomic E-state index is -0.881. The van der Waals surface area contributed by atoms with Gasteiger partial charge in [0.1, 0.15) is 17.3 Å². The number of carbonyl (C=O) groups is 2. The van der Waals surface area contributed by atoms with Crippen LogP contribution in [0.1, 0.15) is 49.1 Å². The standard InChI is InChI=1S/C30H30ClNO5/c1-17-9-7-8-10-20(17)26-25(27(33)21-15-18(30(2,3)4)11-13-23(21)36-5)28(34)29(35)32(26)19-12-14-24(37-6)22(31)16-19/h7-16,26,33H,1-6H3/b27-25+. The van der Waals surface area contributed by atoms with Crippen LogP contribution >= 0.6 is 11.6 Å². The number of nitrogens with zero attached hydrogens (tertiary/aromatic N) is 1. The Balaban J connectivity index is 2.01. The van der Waals surface area contributed by atoms with Gasteiger partial charge in [0.05, 0.1) is 36.4 Å². The van der Waals surface area contributed by atoms with Crippen molar-refractivity contribution in [3.63, 3.8) is 0 Å². The number of anilines is 1. The second kappa shape index (κ2) is 9.94. The van der Waals surface area contributed by atoms with Gasteiger partial charge in [-0.15, -0.1) is 0 Å². The third-order valence-corrected chi connectivity index (χ3v) is 6.96. The molecule has 0 aromatic heterocycles. The fourth-order valence-corrected chi connectivity index (χ4v) is 4.85. The SMILES string of the molecule is COc1ccc(N2C(=O)C(=O)/C(=C(/O)c3cc(C(C)(C)C)ccc3OC)C2c2ccccc2C)cc1Cl. The van der Waals surface area contributed by atoms with E-state index in [2.05, 4.69) is 20.8 Å². The van der Waals surface area contributed by atoms with Gasteiger partial charge in [0.15, 0.2) is 0 Å². The van der Waals surface area contributed by atoms with Crippen LogP contribution in [0.3, 0.4) is 0 Å². The van der Waals surface area contributed by atoms with Crippen LogP contribution in [-0.2, 0) is 15.0 Å². The Hall–Kier alpha value is -3.77. The lowest BCUT2D eigenvalue weighted by atomic mass is 9.85. The number of ether oxygens (including phenoxy) is 2. The first-order valence-electron chi connectivity index (χ1n) is 11.9. The number of hydrogen-bond acceptors (Lipinski definition) is 5. The third-order valence-electron chi connectivity index (χ3n) is 6.66. The Morgan fingerprint density at radius 2 is 1.59 bits per heavy atom. The fourth-order valence-electron chi connectivity index (χ4n) is 4.60. The molecular formula is C30H30ClNO5. The Labute approximate surface area is 222 Å². The van der Waals surface area contributed by atoms with E-state index in [1.807, 2.05) is 37.3 Å². The van der Waals surface area contributed by atoms with Gasteiger partial charge in [-0.1, -0.05) is 62.7 Å². The number of aliphatic hydroxyl groups is 1. The molecule has 4 rings (SSSR count). The van der Waals surface area contributed by atoms with Gasteiger partial charge >= 0.3 is 0 Å². The predicted molar refractivity (Wildman–Crippen MR) is 146 cm³/mol. The second-order valence-corrected chi connectivity index (χ2v) is 10.4. The molecule has 0 spiro atoms. The molecule has 1 fully saturated rings. The van der Waals surface area contributed by atoms with Crippen LogP contribution in [0.15, 0.2) is 66.2 Å². The van der Waals surface area contributed by atoms with Crippen molar-refractivity contribution in [3.8, 4) is 11.5 Å². The van der Waals surface area contributed by atoms with Gasteiger partial charge in [-0.3, -0.25) is 14.5 Å². The number of hydrogen-bond donors (Lipinski definition) is 1. The third kappa shape index (κ3) is 4.69. The van der Waals surface area contributed by atoms with Crippen LogP contribution in [-0.4, -0.2) is 31.0 Å². The molecule has 3 aromatic carbocycles. The molecule has 0 radical (unpaired) electrons. The summed E-state index contributed by atoms with van der Waals surface area (Å²) in [5.74, 6) is -1.01. The highest BCUT2D eigenvalue weighted by atomic mass is 35.5. The molecule has 1 aliphatic heterocycles. The Bertz CT molecular complexity index is 1420. The number of aliphatic hydroxyl groups excluding tert-OH is 1. The van der Waals surface area contributed by atoms with Crippen LogP contribution in [0.25, 0.3) is 5.76 Å². The Morgan fingerprint density at radius 3 is 2.19 bits per heavy atom. The first-order valence-corrected chi connectivity index (χ1v) is 12.3. The van der Waals surface area contributed by atoms with Crippen molar-refractivity contribution in [1.82, 2.24) is 0 Å². The molecule has 0 aliphatic carbocycles. The summed E-state index contributed by atoms with van der Waals surface area (Å²) in [5, 5.41) is 12.0. The maximum absolute atomic E-state index is 13.6. The number of Topliss-reactive ketones (excluding diaryl/α,β-unsaturated/α-hetero) is 1. The van der Waals surface area contributed by atoms with Crippen molar-refractivity contribution >= 4 is 34.7 Å². The van der Waals surface area contributed by atoms with E-state index in [1.165, 1.54) is 19.1 Å². The van der Waals surface area contributed by atoms with Crippen molar-refractivity contribution in [1.29, 1.82) is 0 Å². The summed E-state index contributed by atoms with van der Waals surface area (Å²) in [7, 11) is 3.00. The number of ketones is 1. The quantitative estimate of drug-likeness (QED) is 0.234. The van der Waals surface area contributed by atoms with Gasteiger partial charge in [-0.2, -0.15) is 0 Å². The van der Waals surface area contributed by atoms with Gasteiger partial charge in [0, 0.05) is 5.69 Å². The summed E-state index contributed by atoms with van der Waals surface area (Å²) in [6.07, 6.45) is 0. The predicted octanol–water partition coefficient (Wildman–Crippen LogP) is 6.59. The van der Waals surface area contributed by atoms with Crippen LogP contribution in [0, 0.1) is 6.92 Å². The van der Waals surface area contributed by atoms with E-state index in [4.69, 9.17) is 21.1 Å². The monoisotopic (exact) mass is 519 g/mol. The van der Waals surface area contributed by atoms with E-state index in [0.717, 1.165) is 11.1 Å². The van der Waals surface area contributed by atoms with E-state index in [0.29, 0.717) is 33.3 Å². The van der Waals surface area contributed by atoms with Gasteiger partial charge in [-0.25, -0.2) is 0 Å². The first kappa shape index (κ1) is 26.3. The van der Waals surface area contributed by atoms with Crippen molar-refractivity contribution in [2.75, 3.05) is 19.1 Å².